The van der Waals surface area contributed by atoms with Crippen molar-refractivity contribution in [2.24, 2.45) is 5.73 Å². The van der Waals surface area contributed by atoms with Gasteiger partial charge in [0.15, 0.2) is 11.5 Å². The maximum absolute atomic E-state index is 11.9. The Kier molecular flexibility index (Phi) is 6.28. The van der Waals surface area contributed by atoms with Gasteiger partial charge in [-0.1, -0.05) is 6.07 Å². The van der Waals surface area contributed by atoms with Crippen molar-refractivity contribution in [2.75, 3.05) is 47.5 Å². The number of piperazine rings is 1. The van der Waals surface area contributed by atoms with E-state index in [1.54, 1.807) is 28.3 Å². The first-order valence-corrected chi connectivity index (χ1v) is 8.06. The molecule has 1 amide bonds. The molecule has 1 saturated heterocycles. The number of carbonyl (C=O) groups is 1. The molecule has 0 spiro atoms. The number of carbonyl (C=O) groups excluding carboxylic acids is 1. The van der Waals surface area contributed by atoms with E-state index in [0.29, 0.717) is 30.3 Å². The lowest BCUT2D eigenvalue weighted by atomic mass is 10.1. The first kappa shape index (κ1) is 18.4. The second-order valence-corrected chi connectivity index (χ2v) is 5.88. The normalized spacial score (nSPS) is 16.6. The van der Waals surface area contributed by atoms with E-state index in [4.69, 9.17) is 19.9 Å². The van der Waals surface area contributed by atoms with Crippen LogP contribution in [0.2, 0.25) is 0 Å². The fourth-order valence-corrected chi connectivity index (χ4v) is 2.94. The van der Waals surface area contributed by atoms with Gasteiger partial charge in [-0.15, -0.1) is 0 Å². The lowest BCUT2D eigenvalue weighted by Crippen LogP contribution is -2.52. The van der Waals surface area contributed by atoms with Crippen molar-refractivity contribution in [3.05, 3.63) is 17.7 Å². The predicted molar refractivity (Wildman–Crippen MR) is 91.6 cm³/mol. The summed E-state index contributed by atoms with van der Waals surface area (Å²) in [7, 11) is 4.83. The Morgan fingerprint density at radius 2 is 1.71 bits per heavy atom. The van der Waals surface area contributed by atoms with E-state index in [1.807, 2.05) is 17.0 Å². The molecule has 0 radical (unpaired) electrons. The zero-order chi connectivity index (χ0) is 17.7. The number of rotatable bonds is 6. The van der Waals surface area contributed by atoms with Crippen molar-refractivity contribution in [3.8, 4) is 17.2 Å². The van der Waals surface area contributed by atoms with E-state index in [2.05, 4.69) is 4.90 Å². The van der Waals surface area contributed by atoms with Gasteiger partial charge in [-0.25, -0.2) is 0 Å². The van der Waals surface area contributed by atoms with E-state index in [0.717, 1.165) is 25.2 Å². The molecule has 2 rings (SSSR count). The number of hydrogen-bond donors (Lipinski definition) is 1. The van der Waals surface area contributed by atoms with Gasteiger partial charge in [0.1, 0.15) is 0 Å². The van der Waals surface area contributed by atoms with Crippen LogP contribution in [0.15, 0.2) is 12.1 Å². The molecule has 1 aliphatic rings. The van der Waals surface area contributed by atoms with Crippen LogP contribution < -0.4 is 19.9 Å². The number of ether oxygens (including phenoxy) is 3. The number of amides is 1. The Morgan fingerprint density at radius 3 is 2.21 bits per heavy atom. The van der Waals surface area contributed by atoms with Crippen molar-refractivity contribution >= 4 is 5.91 Å². The van der Waals surface area contributed by atoms with Crippen LogP contribution in [-0.4, -0.2) is 69.3 Å². The van der Waals surface area contributed by atoms with Gasteiger partial charge in [0.2, 0.25) is 11.7 Å². The largest absolute Gasteiger partial charge is 0.493 e. The van der Waals surface area contributed by atoms with Crippen LogP contribution in [0.5, 0.6) is 17.2 Å². The highest BCUT2D eigenvalue weighted by atomic mass is 16.5. The quantitative estimate of drug-likeness (QED) is 0.824. The summed E-state index contributed by atoms with van der Waals surface area (Å²) in [6, 6.07) is 3.43. The fourth-order valence-electron chi connectivity index (χ4n) is 2.94. The van der Waals surface area contributed by atoms with Crippen LogP contribution in [0.3, 0.4) is 0 Å². The van der Waals surface area contributed by atoms with E-state index in [1.165, 1.54) is 0 Å². The third-order valence-corrected chi connectivity index (χ3v) is 4.25. The minimum Gasteiger partial charge on any atom is -0.493 e. The molecule has 0 unspecified atom stereocenters. The van der Waals surface area contributed by atoms with Gasteiger partial charge >= 0.3 is 0 Å². The first-order chi connectivity index (χ1) is 11.5. The van der Waals surface area contributed by atoms with Crippen LogP contribution in [0.1, 0.15) is 12.5 Å². The van der Waals surface area contributed by atoms with Gasteiger partial charge in [0.05, 0.1) is 27.4 Å². The SMILES string of the molecule is COc1ccc(CN2CCN(C(=O)[C@H](C)N)CC2)c(OC)c1OC. The molecular formula is C17H27N3O4. The summed E-state index contributed by atoms with van der Waals surface area (Å²) < 4.78 is 16.3. The van der Waals surface area contributed by atoms with Gasteiger partial charge in [-0.05, 0) is 13.0 Å². The molecule has 2 N–H and O–H groups in total. The van der Waals surface area contributed by atoms with E-state index < -0.39 is 6.04 Å². The molecule has 24 heavy (non-hydrogen) atoms. The molecule has 1 aliphatic heterocycles. The van der Waals surface area contributed by atoms with Gasteiger partial charge in [0.25, 0.3) is 0 Å². The molecule has 1 aromatic rings. The molecule has 1 aromatic carbocycles. The van der Waals surface area contributed by atoms with Gasteiger partial charge in [-0.2, -0.15) is 0 Å². The third-order valence-electron chi connectivity index (χ3n) is 4.25. The minimum atomic E-state index is -0.442. The highest BCUT2D eigenvalue weighted by molar-refractivity contribution is 5.81. The zero-order valence-corrected chi connectivity index (χ0v) is 14.9. The maximum Gasteiger partial charge on any atom is 0.239 e. The van der Waals surface area contributed by atoms with E-state index >= 15 is 0 Å². The fraction of sp³-hybridized carbons (Fsp3) is 0.588. The lowest BCUT2D eigenvalue weighted by Gasteiger charge is -2.35. The molecule has 0 aromatic heterocycles. The second kappa shape index (κ2) is 8.21. The maximum atomic E-state index is 11.9. The Hall–Kier alpha value is -1.99. The summed E-state index contributed by atoms with van der Waals surface area (Å²) in [5, 5.41) is 0. The van der Waals surface area contributed by atoms with E-state index in [9.17, 15) is 4.79 Å². The van der Waals surface area contributed by atoms with Gasteiger partial charge in [0, 0.05) is 38.3 Å². The zero-order valence-electron chi connectivity index (χ0n) is 14.9. The molecule has 0 saturated carbocycles. The number of benzene rings is 1. The third kappa shape index (κ3) is 3.91. The molecule has 0 aliphatic carbocycles. The summed E-state index contributed by atoms with van der Waals surface area (Å²) >= 11 is 0. The van der Waals surface area contributed by atoms with Crippen LogP contribution in [-0.2, 0) is 11.3 Å². The summed E-state index contributed by atoms with van der Waals surface area (Å²) in [4.78, 5) is 16.1. The Morgan fingerprint density at radius 1 is 1.08 bits per heavy atom. The molecular weight excluding hydrogens is 310 g/mol. The summed E-state index contributed by atoms with van der Waals surface area (Å²) in [5.41, 5.74) is 6.70. The minimum absolute atomic E-state index is 0.0124. The van der Waals surface area contributed by atoms with Crippen LogP contribution in [0.25, 0.3) is 0 Å². The van der Waals surface area contributed by atoms with Crippen molar-refractivity contribution in [2.45, 2.75) is 19.5 Å². The number of nitrogens with zero attached hydrogens (tertiary/aromatic N) is 2. The number of nitrogens with two attached hydrogens (primary N) is 1. The molecule has 7 heteroatoms. The highest BCUT2D eigenvalue weighted by Crippen LogP contribution is 2.40. The average molecular weight is 337 g/mol. The molecule has 1 atom stereocenters. The molecule has 1 fully saturated rings. The average Bonchev–Trinajstić information content (AvgIpc) is 2.61. The second-order valence-electron chi connectivity index (χ2n) is 5.88. The molecule has 7 nitrogen and oxygen atoms in total. The lowest BCUT2D eigenvalue weighted by molar-refractivity contribution is -0.134. The molecule has 0 bridgehead atoms. The highest BCUT2D eigenvalue weighted by Gasteiger charge is 2.24. The summed E-state index contributed by atoms with van der Waals surface area (Å²) in [6.07, 6.45) is 0. The van der Waals surface area contributed by atoms with Crippen molar-refractivity contribution < 1.29 is 19.0 Å². The molecule has 1 heterocycles. The predicted octanol–water partition coefficient (Wildman–Crippen LogP) is 0.704. The monoisotopic (exact) mass is 337 g/mol. The number of hydrogen-bond acceptors (Lipinski definition) is 6. The van der Waals surface area contributed by atoms with Gasteiger partial charge < -0.3 is 24.8 Å². The number of methoxy groups -OCH3 is 3. The van der Waals surface area contributed by atoms with Crippen molar-refractivity contribution in [1.29, 1.82) is 0 Å². The Bertz CT molecular complexity index is 569. The van der Waals surface area contributed by atoms with Crippen molar-refractivity contribution in [1.82, 2.24) is 9.80 Å². The van der Waals surface area contributed by atoms with Crippen LogP contribution >= 0.6 is 0 Å². The first-order valence-electron chi connectivity index (χ1n) is 8.06. The smallest absolute Gasteiger partial charge is 0.239 e. The summed E-state index contributed by atoms with van der Waals surface area (Å²) in [5.74, 6) is 1.94. The molecule has 134 valence electrons. The van der Waals surface area contributed by atoms with Crippen molar-refractivity contribution in [3.63, 3.8) is 0 Å². The standard InChI is InChI=1S/C17H27N3O4/c1-12(18)17(21)20-9-7-19(8-10-20)11-13-5-6-14(22-2)16(24-4)15(13)23-3/h5-6,12H,7-11,18H2,1-4H3/t12-/m0/s1. The van der Waals surface area contributed by atoms with Crippen LogP contribution in [0.4, 0.5) is 0 Å². The van der Waals surface area contributed by atoms with Crippen LogP contribution in [0, 0.1) is 0 Å². The van der Waals surface area contributed by atoms with E-state index in [-0.39, 0.29) is 5.91 Å². The topological polar surface area (TPSA) is 77.3 Å². The Balaban J connectivity index is 2.06. The Labute approximate surface area is 143 Å². The summed E-state index contributed by atoms with van der Waals surface area (Å²) in [6.45, 7) is 5.44. The van der Waals surface area contributed by atoms with Gasteiger partial charge in [-0.3, -0.25) is 9.69 Å².